The summed E-state index contributed by atoms with van der Waals surface area (Å²) in [7, 11) is 1.38. The summed E-state index contributed by atoms with van der Waals surface area (Å²) in [6.07, 6.45) is 4.94. The second kappa shape index (κ2) is 12.0. The second-order valence-electron chi connectivity index (χ2n) is 6.76. The number of carboxylic acids is 2. The first-order valence-electron chi connectivity index (χ1n) is 10.1. The van der Waals surface area contributed by atoms with Crippen molar-refractivity contribution < 1.29 is 34.4 Å². The predicted octanol–water partition coefficient (Wildman–Crippen LogP) is 4.65. The smallest absolute Gasteiger partial charge is 0.343 e. The number of aromatic hydroxyl groups is 1. The van der Waals surface area contributed by atoms with E-state index < -0.39 is 17.5 Å². The molecule has 1 rings (SSSR count). The van der Waals surface area contributed by atoms with Crippen LogP contribution in [0.15, 0.2) is 11.6 Å². The Balaban J connectivity index is 3.75. The molecule has 0 aliphatic carbocycles. The summed E-state index contributed by atoms with van der Waals surface area (Å²) in [5, 5.41) is 29.7. The Labute approximate surface area is 172 Å². The van der Waals surface area contributed by atoms with E-state index in [1.165, 1.54) is 13.2 Å². The van der Waals surface area contributed by atoms with Gasteiger partial charge in [0.05, 0.1) is 13.7 Å². The Morgan fingerprint density at radius 1 is 1.00 bits per heavy atom. The van der Waals surface area contributed by atoms with E-state index in [4.69, 9.17) is 9.47 Å². The van der Waals surface area contributed by atoms with Gasteiger partial charge in [-0.2, -0.15) is 0 Å². The maximum atomic E-state index is 11.8. The van der Waals surface area contributed by atoms with Gasteiger partial charge in [0, 0.05) is 5.56 Å². The fourth-order valence-electron chi connectivity index (χ4n) is 3.27. The van der Waals surface area contributed by atoms with Crippen molar-refractivity contribution in [1.29, 1.82) is 0 Å². The minimum Gasteiger partial charge on any atom is -0.502 e. The number of hydrogen-bond donors (Lipinski definition) is 3. The Kier molecular flexibility index (Phi) is 10.1. The summed E-state index contributed by atoms with van der Waals surface area (Å²) in [5.41, 5.74) is 0.565. The number of methoxy groups -OCH3 is 1. The van der Waals surface area contributed by atoms with E-state index in [1.54, 1.807) is 0 Å². The van der Waals surface area contributed by atoms with Gasteiger partial charge in [0.2, 0.25) is 5.75 Å². The number of hydrogen-bond acceptors (Lipinski definition) is 5. The first-order chi connectivity index (χ1) is 13.8. The van der Waals surface area contributed by atoms with Crippen molar-refractivity contribution in [3.05, 3.63) is 22.8 Å². The Bertz CT molecular complexity index is 734. The van der Waals surface area contributed by atoms with Crippen molar-refractivity contribution in [2.75, 3.05) is 13.7 Å². The molecule has 0 aliphatic heterocycles. The summed E-state index contributed by atoms with van der Waals surface area (Å²) < 4.78 is 11.0. The number of rotatable bonds is 13. The first kappa shape index (κ1) is 24.3. The van der Waals surface area contributed by atoms with E-state index in [2.05, 4.69) is 6.92 Å². The highest BCUT2D eigenvalue weighted by Gasteiger charge is 2.27. The number of carbonyl (C=O) groups is 2. The van der Waals surface area contributed by atoms with Crippen LogP contribution in [0, 0.1) is 0 Å². The van der Waals surface area contributed by atoms with Crippen molar-refractivity contribution in [2.24, 2.45) is 0 Å². The molecule has 0 spiro atoms. The fraction of sp³-hybridized carbons (Fsp3) is 0.545. The van der Waals surface area contributed by atoms with Crippen LogP contribution >= 0.6 is 0 Å². The van der Waals surface area contributed by atoms with Crippen LogP contribution in [0.25, 0.3) is 5.57 Å². The quantitative estimate of drug-likeness (QED) is 0.188. The monoisotopic (exact) mass is 408 g/mol. The SMILES string of the molecule is CCCCCCC(=C(C(=O)O)C(=O)O)c1cc(OC)c(O)c(OCCC)c1CC. The van der Waals surface area contributed by atoms with Gasteiger partial charge in [-0.1, -0.05) is 40.0 Å². The van der Waals surface area contributed by atoms with Crippen molar-refractivity contribution in [1.82, 2.24) is 0 Å². The fourth-order valence-corrected chi connectivity index (χ4v) is 3.27. The van der Waals surface area contributed by atoms with Crippen molar-refractivity contribution in [3.8, 4) is 17.2 Å². The first-order valence-corrected chi connectivity index (χ1v) is 10.1. The zero-order chi connectivity index (χ0) is 22.0. The third-order valence-corrected chi connectivity index (χ3v) is 4.68. The number of ether oxygens (including phenoxy) is 2. The molecule has 0 amide bonds. The normalized spacial score (nSPS) is 10.5. The summed E-state index contributed by atoms with van der Waals surface area (Å²) in [5.74, 6) is -2.82. The maximum absolute atomic E-state index is 11.8. The van der Waals surface area contributed by atoms with Crippen LogP contribution in [-0.4, -0.2) is 41.0 Å². The molecule has 7 heteroatoms. The highest BCUT2D eigenvalue weighted by Crippen LogP contribution is 2.45. The molecule has 162 valence electrons. The molecule has 0 saturated carbocycles. The predicted molar refractivity (Wildman–Crippen MR) is 111 cm³/mol. The molecule has 0 heterocycles. The topological polar surface area (TPSA) is 113 Å². The van der Waals surface area contributed by atoms with Gasteiger partial charge >= 0.3 is 11.9 Å². The molecule has 3 N–H and O–H groups in total. The second-order valence-corrected chi connectivity index (χ2v) is 6.76. The number of allylic oxidation sites excluding steroid dienone is 1. The lowest BCUT2D eigenvalue weighted by molar-refractivity contribution is -0.140. The Hall–Kier alpha value is -2.70. The molecule has 0 unspecified atom stereocenters. The standard InChI is InChI=1S/C22H32O7/c1-5-8-9-10-11-15(18(21(24)25)22(26)27)16-13-17(28-4)19(23)20(14(16)7-3)29-12-6-2/h13,23H,5-12H2,1-4H3,(H,24,25)(H,26,27). The molecule has 1 aromatic carbocycles. The largest absolute Gasteiger partial charge is 0.502 e. The number of unbranched alkanes of at least 4 members (excludes halogenated alkanes) is 3. The highest BCUT2D eigenvalue weighted by atomic mass is 16.5. The van der Waals surface area contributed by atoms with Gasteiger partial charge in [-0.3, -0.25) is 0 Å². The zero-order valence-electron chi connectivity index (χ0n) is 17.7. The molecular formula is C22H32O7. The number of aliphatic carboxylic acids is 2. The Morgan fingerprint density at radius 3 is 2.14 bits per heavy atom. The zero-order valence-corrected chi connectivity index (χ0v) is 17.7. The molecule has 0 fully saturated rings. The molecule has 0 atom stereocenters. The van der Waals surface area contributed by atoms with E-state index in [1.807, 2.05) is 13.8 Å². The summed E-state index contributed by atoms with van der Waals surface area (Å²) in [6.45, 7) is 6.19. The number of benzene rings is 1. The summed E-state index contributed by atoms with van der Waals surface area (Å²) >= 11 is 0. The van der Waals surface area contributed by atoms with Crippen LogP contribution in [0.4, 0.5) is 0 Å². The number of phenolic OH excluding ortho intramolecular Hbond substituents is 1. The number of phenols is 1. The highest BCUT2D eigenvalue weighted by molar-refractivity contribution is 6.18. The molecule has 0 saturated heterocycles. The molecule has 0 radical (unpaired) electrons. The molecule has 29 heavy (non-hydrogen) atoms. The van der Waals surface area contributed by atoms with Gasteiger partial charge < -0.3 is 24.8 Å². The molecule has 1 aromatic rings. The lowest BCUT2D eigenvalue weighted by atomic mass is 9.89. The van der Waals surface area contributed by atoms with Crippen LogP contribution in [-0.2, 0) is 16.0 Å². The molecule has 0 bridgehead atoms. The van der Waals surface area contributed by atoms with Crippen molar-refractivity contribution in [2.45, 2.75) is 65.7 Å². The van der Waals surface area contributed by atoms with E-state index >= 15 is 0 Å². The van der Waals surface area contributed by atoms with Gasteiger partial charge in [-0.25, -0.2) is 9.59 Å². The third-order valence-electron chi connectivity index (χ3n) is 4.68. The van der Waals surface area contributed by atoms with Crippen molar-refractivity contribution in [3.63, 3.8) is 0 Å². The van der Waals surface area contributed by atoms with E-state index in [0.717, 1.165) is 19.3 Å². The van der Waals surface area contributed by atoms with E-state index in [9.17, 15) is 24.9 Å². The lowest BCUT2D eigenvalue weighted by Crippen LogP contribution is -2.15. The molecular weight excluding hydrogens is 376 g/mol. The Morgan fingerprint density at radius 2 is 1.66 bits per heavy atom. The van der Waals surface area contributed by atoms with E-state index in [0.29, 0.717) is 43.4 Å². The summed E-state index contributed by atoms with van der Waals surface area (Å²) in [4.78, 5) is 23.5. The van der Waals surface area contributed by atoms with Crippen LogP contribution in [0.1, 0.15) is 70.4 Å². The molecule has 0 aliphatic rings. The lowest BCUT2D eigenvalue weighted by Gasteiger charge is -2.21. The van der Waals surface area contributed by atoms with Gasteiger partial charge in [0.1, 0.15) is 5.57 Å². The van der Waals surface area contributed by atoms with Crippen LogP contribution in [0.3, 0.4) is 0 Å². The summed E-state index contributed by atoms with van der Waals surface area (Å²) in [6, 6.07) is 1.51. The van der Waals surface area contributed by atoms with Crippen LogP contribution in [0.2, 0.25) is 0 Å². The van der Waals surface area contributed by atoms with Gasteiger partial charge in [-0.15, -0.1) is 0 Å². The molecule has 0 aromatic heterocycles. The van der Waals surface area contributed by atoms with E-state index in [-0.39, 0.29) is 22.8 Å². The average Bonchev–Trinajstić information content (AvgIpc) is 2.68. The maximum Gasteiger partial charge on any atom is 0.343 e. The van der Waals surface area contributed by atoms with Crippen LogP contribution < -0.4 is 9.47 Å². The minimum atomic E-state index is -1.49. The molecule has 7 nitrogen and oxygen atoms in total. The van der Waals surface area contributed by atoms with Gasteiger partial charge in [0.25, 0.3) is 0 Å². The number of carboxylic acid groups (broad SMARTS) is 2. The van der Waals surface area contributed by atoms with Crippen molar-refractivity contribution >= 4 is 17.5 Å². The van der Waals surface area contributed by atoms with Gasteiger partial charge in [0.15, 0.2) is 11.5 Å². The van der Waals surface area contributed by atoms with Gasteiger partial charge in [-0.05, 0) is 42.9 Å². The van der Waals surface area contributed by atoms with Crippen LogP contribution in [0.5, 0.6) is 17.2 Å². The average molecular weight is 408 g/mol. The minimum absolute atomic E-state index is 0.115. The third kappa shape index (κ3) is 6.14.